The summed E-state index contributed by atoms with van der Waals surface area (Å²) in [5.41, 5.74) is 5.25. The minimum absolute atomic E-state index is 0.326. The first-order valence-corrected chi connectivity index (χ1v) is 6.70. The van der Waals surface area contributed by atoms with Gasteiger partial charge in [0.05, 0.1) is 0 Å². The molecule has 2 aromatic carbocycles. The summed E-state index contributed by atoms with van der Waals surface area (Å²) in [5.74, 6) is 0.326. The second kappa shape index (κ2) is 6.39. The van der Waals surface area contributed by atoms with Gasteiger partial charge in [0.2, 0.25) is 0 Å². The fraction of sp³-hybridized carbons (Fsp3) is 0.294. The second-order valence-electron chi connectivity index (χ2n) is 5.02. The van der Waals surface area contributed by atoms with Crippen molar-refractivity contribution in [1.82, 2.24) is 5.32 Å². The van der Waals surface area contributed by atoms with Crippen LogP contribution in [0, 0.1) is 13.8 Å². The summed E-state index contributed by atoms with van der Waals surface area (Å²) in [6, 6.07) is 14.0. The molecule has 0 unspecified atom stereocenters. The van der Waals surface area contributed by atoms with Crippen molar-refractivity contribution in [2.24, 2.45) is 0 Å². The van der Waals surface area contributed by atoms with E-state index in [1.165, 1.54) is 22.3 Å². The van der Waals surface area contributed by atoms with Gasteiger partial charge in [-0.15, -0.1) is 0 Å². The highest BCUT2D eigenvalue weighted by Crippen LogP contribution is 2.11. The van der Waals surface area contributed by atoms with Crippen molar-refractivity contribution in [2.75, 3.05) is 6.54 Å². The fourth-order valence-electron chi connectivity index (χ4n) is 2.16. The van der Waals surface area contributed by atoms with E-state index in [-0.39, 0.29) is 0 Å². The van der Waals surface area contributed by atoms with E-state index in [0.717, 1.165) is 19.5 Å². The lowest BCUT2D eigenvalue weighted by atomic mass is 10.1. The maximum absolute atomic E-state index is 9.21. The monoisotopic (exact) mass is 255 g/mol. The van der Waals surface area contributed by atoms with Crippen LogP contribution in [0.2, 0.25) is 0 Å². The summed E-state index contributed by atoms with van der Waals surface area (Å²) in [6.07, 6.45) is 0.977. The molecule has 0 aliphatic carbocycles. The van der Waals surface area contributed by atoms with Gasteiger partial charge in [-0.3, -0.25) is 0 Å². The number of phenolic OH excluding ortho intramolecular Hbond substituents is 1. The fourth-order valence-corrected chi connectivity index (χ4v) is 2.16. The molecule has 2 nitrogen and oxygen atoms in total. The molecule has 100 valence electrons. The average Bonchev–Trinajstić information content (AvgIpc) is 2.39. The van der Waals surface area contributed by atoms with Crippen LogP contribution in [-0.4, -0.2) is 11.7 Å². The summed E-state index contributed by atoms with van der Waals surface area (Å²) in [6.45, 7) is 6.13. The Kier molecular flexibility index (Phi) is 4.58. The minimum atomic E-state index is 0.326. The number of nitrogens with one attached hydrogen (secondary N) is 1. The highest BCUT2D eigenvalue weighted by molar-refractivity contribution is 5.30. The zero-order valence-electron chi connectivity index (χ0n) is 11.6. The Hall–Kier alpha value is -1.80. The molecule has 19 heavy (non-hydrogen) atoms. The van der Waals surface area contributed by atoms with Crippen LogP contribution in [0.5, 0.6) is 5.75 Å². The summed E-state index contributed by atoms with van der Waals surface area (Å²) in [5, 5.41) is 12.7. The first-order valence-electron chi connectivity index (χ1n) is 6.70. The van der Waals surface area contributed by atoms with Crippen molar-refractivity contribution in [2.45, 2.75) is 26.8 Å². The van der Waals surface area contributed by atoms with Gasteiger partial charge in [-0.05, 0) is 55.6 Å². The molecule has 0 saturated heterocycles. The molecule has 2 aromatic rings. The van der Waals surface area contributed by atoms with Crippen molar-refractivity contribution in [3.05, 3.63) is 64.7 Å². The molecule has 0 aliphatic heterocycles. The predicted molar refractivity (Wildman–Crippen MR) is 79.4 cm³/mol. The van der Waals surface area contributed by atoms with Crippen LogP contribution in [0.4, 0.5) is 0 Å². The Morgan fingerprint density at radius 2 is 1.74 bits per heavy atom. The molecule has 0 saturated carbocycles. The van der Waals surface area contributed by atoms with Crippen LogP contribution in [0.1, 0.15) is 22.3 Å². The van der Waals surface area contributed by atoms with E-state index >= 15 is 0 Å². The zero-order chi connectivity index (χ0) is 13.7. The SMILES string of the molecule is Cc1ccc(CNCCc2ccc(O)cc2)c(C)c1. The molecule has 0 heterocycles. The van der Waals surface area contributed by atoms with Crippen molar-refractivity contribution in [3.63, 3.8) is 0 Å². The van der Waals surface area contributed by atoms with E-state index in [1.807, 2.05) is 12.1 Å². The van der Waals surface area contributed by atoms with Crippen molar-refractivity contribution in [3.8, 4) is 5.75 Å². The van der Waals surface area contributed by atoms with Crippen LogP contribution in [-0.2, 0) is 13.0 Å². The highest BCUT2D eigenvalue weighted by atomic mass is 16.3. The van der Waals surface area contributed by atoms with Crippen molar-refractivity contribution >= 4 is 0 Å². The smallest absolute Gasteiger partial charge is 0.115 e. The van der Waals surface area contributed by atoms with Crippen LogP contribution in [0.3, 0.4) is 0 Å². The third kappa shape index (κ3) is 4.11. The normalized spacial score (nSPS) is 10.6. The second-order valence-corrected chi connectivity index (χ2v) is 5.02. The van der Waals surface area contributed by atoms with Gasteiger partial charge < -0.3 is 10.4 Å². The van der Waals surface area contributed by atoms with E-state index in [0.29, 0.717) is 5.75 Å². The topological polar surface area (TPSA) is 32.3 Å². The van der Waals surface area contributed by atoms with Gasteiger partial charge in [0.15, 0.2) is 0 Å². The molecule has 0 amide bonds. The third-order valence-electron chi connectivity index (χ3n) is 3.34. The number of phenols is 1. The Morgan fingerprint density at radius 1 is 1.00 bits per heavy atom. The molecule has 2 rings (SSSR count). The molecule has 0 atom stereocenters. The number of rotatable bonds is 5. The van der Waals surface area contributed by atoms with Gasteiger partial charge in [-0.2, -0.15) is 0 Å². The Bertz CT molecular complexity index is 531. The average molecular weight is 255 g/mol. The molecule has 0 radical (unpaired) electrons. The van der Waals surface area contributed by atoms with Gasteiger partial charge in [0.1, 0.15) is 5.75 Å². The lowest BCUT2D eigenvalue weighted by Crippen LogP contribution is -2.17. The summed E-state index contributed by atoms with van der Waals surface area (Å²) in [7, 11) is 0. The van der Waals surface area contributed by atoms with Gasteiger partial charge in [-0.1, -0.05) is 35.9 Å². The molecule has 0 fully saturated rings. The maximum atomic E-state index is 9.21. The van der Waals surface area contributed by atoms with Crippen LogP contribution in [0.25, 0.3) is 0 Å². The van der Waals surface area contributed by atoms with Crippen LogP contribution < -0.4 is 5.32 Å². The predicted octanol–water partition coefficient (Wildman–Crippen LogP) is 3.34. The molecular weight excluding hydrogens is 234 g/mol. The number of hydrogen-bond acceptors (Lipinski definition) is 2. The van der Waals surface area contributed by atoms with E-state index in [4.69, 9.17) is 0 Å². The number of aryl methyl sites for hydroxylation is 2. The lowest BCUT2D eigenvalue weighted by Gasteiger charge is -2.09. The Morgan fingerprint density at radius 3 is 2.42 bits per heavy atom. The molecule has 0 spiro atoms. The van der Waals surface area contributed by atoms with Gasteiger partial charge >= 0.3 is 0 Å². The van der Waals surface area contributed by atoms with E-state index in [2.05, 4.69) is 37.4 Å². The standard InChI is InChI=1S/C17H21NO/c1-13-3-6-16(14(2)11-13)12-18-10-9-15-4-7-17(19)8-5-15/h3-8,11,18-19H,9-10,12H2,1-2H3. The van der Waals surface area contributed by atoms with Crippen LogP contribution in [0.15, 0.2) is 42.5 Å². The molecule has 2 N–H and O–H groups in total. The van der Waals surface area contributed by atoms with E-state index < -0.39 is 0 Å². The largest absolute Gasteiger partial charge is 0.508 e. The van der Waals surface area contributed by atoms with Gasteiger partial charge in [0.25, 0.3) is 0 Å². The summed E-state index contributed by atoms with van der Waals surface area (Å²) >= 11 is 0. The quantitative estimate of drug-likeness (QED) is 0.803. The lowest BCUT2D eigenvalue weighted by molar-refractivity contribution is 0.475. The van der Waals surface area contributed by atoms with Crippen molar-refractivity contribution < 1.29 is 5.11 Å². The van der Waals surface area contributed by atoms with Gasteiger partial charge in [0, 0.05) is 6.54 Å². The number of aromatic hydroxyl groups is 1. The summed E-state index contributed by atoms with van der Waals surface area (Å²) in [4.78, 5) is 0. The van der Waals surface area contributed by atoms with Gasteiger partial charge in [-0.25, -0.2) is 0 Å². The van der Waals surface area contributed by atoms with Crippen LogP contribution >= 0.6 is 0 Å². The molecule has 0 aliphatic rings. The molecule has 0 bridgehead atoms. The number of benzene rings is 2. The highest BCUT2D eigenvalue weighted by Gasteiger charge is 1.98. The first-order chi connectivity index (χ1) is 9.15. The third-order valence-corrected chi connectivity index (χ3v) is 3.34. The Balaban J connectivity index is 1.79. The summed E-state index contributed by atoms with van der Waals surface area (Å²) < 4.78 is 0. The molecule has 0 aromatic heterocycles. The van der Waals surface area contributed by atoms with Crippen molar-refractivity contribution in [1.29, 1.82) is 0 Å². The van der Waals surface area contributed by atoms with E-state index in [9.17, 15) is 5.11 Å². The first kappa shape index (κ1) is 13.6. The molecule has 2 heteroatoms. The molecular formula is C17H21NO. The Labute approximate surface area is 115 Å². The minimum Gasteiger partial charge on any atom is -0.508 e. The van der Waals surface area contributed by atoms with E-state index in [1.54, 1.807) is 12.1 Å². The maximum Gasteiger partial charge on any atom is 0.115 e. The zero-order valence-corrected chi connectivity index (χ0v) is 11.6. The number of hydrogen-bond donors (Lipinski definition) is 2.